The van der Waals surface area contributed by atoms with Crippen LogP contribution in [-0.2, 0) is 37.9 Å². The standard InChI is InChI=1S/C79H82BN3OS/c1-72(2,3)45-22-28-59-56(39-45)78(14)32-18-19-33-79(78,15)83(59)48-41-62-69-63(42-48)82-60-29-26-52(71-67(60)49-20-16-17-21-64(49)84-71)77(12,13)46-23-30-65-50(38-46)68-66(85-65)31-27-57(70(68)82)80(69)58-43-54-55(76(10,11)37-36-75(54,8)9)44-61(58)81(62)47-24-25-51-53(40-47)74(6,7)35-34-73(51,4)5/h16-17,20-31,38-44H,18-19,32-37H2,1-15H3. The van der Waals surface area contributed by atoms with E-state index in [0.29, 0.717) is 0 Å². The first-order chi connectivity index (χ1) is 40.2. The molecule has 0 amide bonds. The van der Waals surface area contributed by atoms with Gasteiger partial charge in [0.1, 0.15) is 11.2 Å². The summed E-state index contributed by atoms with van der Waals surface area (Å²) >= 11 is 1.96. The minimum Gasteiger partial charge on any atom is -0.456 e. The maximum atomic E-state index is 7.33. The number of furan rings is 1. The van der Waals surface area contributed by atoms with E-state index in [9.17, 15) is 0 Å². The second-order valence-electron chi connectivity index (χ2n) is 32.1. The van der Waals surface area contributed by atoms with Crippen LogP contribution in [0.5, 0.6) is 0 Å². The van der Waals surface area contributed by atoms with Crippen molar-refractivity contribution in [1.29, 1.82) is 0 Å². The van der Waals surface area contributed by atoms with Gasteiger partial charge in [0.2, 0.25) is 0 Å². The number of hydrogen-bond acceptors (Lipinski definition) is 5. The van der Waals surface area contributed by atoms with E-state index in [2.05, 4.69) is 246 Å². The van der Waals surface area contributed by atoms with Gasteiger partial charge in [0, 0.05) is 76.1 Å². The summed E-state index contributed by atoms with van der Waals surface area (Å²) in [4.78, 5) is 8.47. The molecule has 18 rings (SSSR count). The molecule has 2 aromatic heterocycles. The van der Waals surface area contributed by atoms with Crippen molar-refractivity contribution in [2.75, 3.05) is 14.7 Å². The molecule has 85 heavy (non-hydrogen) atoms. The number of fused-ring (bicyclic) bond motifs is 10. The van der Waals surface area contributed by atoms with Crippen molar-refractivity contribution in [1.82, 2.24) is 0 Å². The van der Waals surface area contributed by atoms with Crippen molar-refractivity contribution < 1.29 is 4.42 Å². The van der Waals surface area contributed by atoms with Gasteiger partial charge in [-0.15, -0.1) is 11.3 Å². The lowest BCUT2D eigenvalue weighted by molar-refractivity contribution is 0.195. The number of benzene rings is 8. The van der Waals surface area contributed by atoms with E-state index in [1.54, 1.807) is 0 Å². The molecule has 0 N–H and O–H groups in total. The van der Waals surface area contributed by atoms with Crippen LogP contribution in [0.15, 0.2) is 132 Å². The van der Waals surface area contributed by atoms with E-state index in [-0.39, 0.29) is 50.2 Å². The van der Waals surface area contributed by atoms with Crippen LogP contribution in [0, 0.1) is 0 Å². The Morgan fingerprint density at radius 2 is 1.12 bits per heavy atom. The number of hydrogen-bond donors (Lipinski definition) is 0. The Morgan fingerprint density at radius 3 is 1.86 bits per heavy atom. The van der Waals surface area contributed by atoms with Crippen LogP contribution in [0.2, 0.25) is 0 Å². The maximum Gasteiger partial charge on any atom is 0.252 e. The van der Waals surface area contributed by atoms with Gasteiger partial charge in [0.25, 0.3) is 6.71 Å². The van der Waals surface area contributed by atoms with Crippen molar-refractivity contribution in [3.63, 3.8) is 0 Å². The fraction of sp³-hybridized carbons (Fsp3) is 0.392. The molecule has 428 valence electrons. The summed E-state index contributed by atoms with van der Waals surface area (Å²) in [6, 6.07) is 52.4. The lowest BCUT2D eigenvalue weighted by Crippen LogP contribution is -2.62. The predicted molar refractivity (Wildman–Crippen MR) is 365 cm³/mol. The number of rotatable bonds is 2. The Balaban J connectivity index is 1.07. The summed E-state index contributed by atoms with van der Waals surface area (Å²) in [7, 11) is 0. The fourth-order valence-corrected chi connectivity index (χ4v) is 19.5. The van der Waals surface area contributed by atoms with Crippen LogP contribution in [0.3, 0.4) is 0 Å². The van der Waals surface area contributed by atoms with Gasteiger partial charge in [0.05, 0.1) is 22.3 Å². The van der Waals surface area contributed by atoms with Crippen molar-refractivity contribution in [3.8, 4) is 0 Å². The minimum atomic E-state index is -0.361. The minimum absolute atomic E-state index is 0.00237. The molecule has 4 bridgehead atoms. The van der Waals surface area contributed by atoms with Crippen LogP contribution in [0.1, 0.15) is 200 Å². The molecular weight excluding hydrogens is 1050 g/mol. The van der Waals surface area contributed by atoms with Crippen molar-refractivity contribution in [2.24, 2.45) is 0 Å². The lowest BCUT2D eigenvalue weighted by atomic mass is 9.33. The highest BCUT2D eigenvalue weighted by Gasteiger charge is 2.59. The van der Waals surface area contributed by atoms with Crippen LogP contribution in [-0.4, -0.2) is 12.3 Å². The van der Waals surface area contributed by atoms with Gasteiger partial charge in [-0.3, -0.25) is 0 Å². The van der Waals surface area contributed by atoms with Gasteiger partial charge in [0.15, 0.2) is 0 Å². The molecule has 0 radical (unpaired) electrons. The zero-order valence-electron chi connectivity index (χ0n) is 53.0. The normalized spacial score (nSPS) is 23.1. The van der Waals surface area contributed by atoms with E-state index >= 15 is 0 Å². The first kappa shape index (κ1) is 52.6. The second kappa shape index (κ2) is 16.4. The molecule has 0 spiro atoms. The van der Waals surface area contributed by atoms with Gasteiger partial charge in [-0.2, -0.15) is 0 Å². The molecule has 10 aromatic rings. The molecule has 1 saturated carbocycles. The highest BCUT2D eigenvalue weighted by Crippen LogP contribution is 2.64. The first-order valence-corrected chi connectivity index (χ1v) is 33.1. The van der Waals surface area contributed by atoms with Gasteiger partial charge in [-0.1, -0.05) is 170 Å². The summed E-state index contributed by atoms with van der Waals surface area (Å²) in [5.74, 6) is 0. The topological polar surface area (TPSA) is 22.9 Å². The summed E-state index contributed by atoms with van der Waals surface area (Å²) in [6.45, 7) is 37.2. The predicted octanol–water partition coefficient (Wildman–Crippen LogP) is 20.4. The molecule has 0 saturated heterocycles. The Morgan fingerprint density at radius 1 is 0.471 bits per heavy atom. The van der Waals surface area contributed by atoms with Crippen LogP contribution < -0.4 is 31.1 Å². The van der Waals surface area contributed by atoms with Crippen molar-refractivity contribution in [3.05, 3.63) is 172 Å². The average Bonchev–Trinajstić information content (AvgIpc) is 1.69. The highest BCUT2D eigenvalue weighted by molar-refractivity contribution is 7.26. The van der Waals surface area contributed by atoms with Crippen LogP contribution in [0.4, 0.5) is 45.5 Å². The van der Waals surface area contributed by atoms with E-state index in [1.165, 1.54) is 151 Å². The molecule has 8 aromatic carbocycles. The number of anilines is 8. The van der Waals surface area contributed by atoms with E-state index in [1.807, 2.05) is 11.3 Å². The molecule has 7 heterocycles. The maximum absolute atomic E-state index is 7.33. The number of nitrogens with zero attached hydrogens (tertiary/aromatic N) is 3. The second-order valence-corrected chi connectivity index (χ2v) is 33.2. The highest BCUT2D eigenvalue weighted by atomic mass is 32.1. The number of thiophene rings is 1. The average molecular weight is 1130 g/mol. The zero-order valence-corrected chi connectivity index (χ0v) is 53.8. The quantitative estimate of drug-likeness (QED) is 0.161. The third-order valence-electron chi connectivity index (χ3n) is 24.1. The Labute approximate surface area is 508 Å². The van der Waals surface area contributed by atoms with Crippen molar-refractivity contribution >= 4 is 122 Å². The van der Waals surface area contributed by atoms with Gasteiger partial charge in [-0.25, -0.2) is 0 Å². The number of para-hydroxylation sites is 1. The Kier molecular flexibility index (Phi) is 10.2. The largest absolute Gasteiger partial charge is 0.456 e. The Bertz CT molecular complexity index is 4650. The molecule has 5 aliphatic heterocycles. The first-order valence-electron chi connectivity index (χ1n) is 32.2. The molecule has 6 heteroatoms. The molecule has 8 aliphatic rings. The summed E-state index contributed by atoms with van der Waals surface area (Å²) in [5.41, 5.74) is 27.3. The summed E-state index contributed by atoms with van der Waals surface area (Å²) in [6.07, 6.45) is 9.38. The van der Waals surface area contributed by atoms with Crippen molar-refractivity contribution in [2.45, 2.75) is 199 Å². The van der Waals surface area contributed by atoms with Crippen LogP contribution in [0.25, 0.3) is 42.1 Å². The molecule has 2 atom stereocenters. The third-order valence-corrected chi connectivity index (χ3v) is 25.2. The zero-order chi connectivity index (χ0) is 58.8. The molecule has 1 fully saturated rings. The molecule has 3 aliphatic carbocycles. The van der Waals surface area contributed by atoms with E-state index < -0.39 is 0 Å². The molecule has 2 unspecified atom stereocenters. The van der Waals surface area contributed by atoms with Crippen LogP contribution >= 0.6 is 11.3 Å². The van der Waals surface area contributed by atoms with Gasteiger partial charge in [-0.05, 0) is 195 Å². The van der Waals surface area contributed by atoms with Gasteiger partial charge >= 0.3 is 0 Å². The Hall–Kier alpha value is -6.76. The van der Waals surface area contributed by atoms with E-state index in [4.69, 9.17) is 4.42 Å². The summed E-state index contributed by atoms with van der Waals surface area (Å²) in [5, 5.41) is 5.04. The third kappa shape index (κ3) is 6.71. The SMILES string of the molecule is CC(C)(C)c1ccc2c(c1)C1(C)CCCCC1(C)N2c1cc2c3c(c1)N1c4c(ccc5sc6ccc(cc6c45)C(C)(C)c4ccc1c1c4oc4ccccc41)B3c1cc3c(cc1N2c1ccc2c(c1)C(C)(C)CCC2(C)C)C(C)(C)CCC3(C)C. The molecular formula is C79H82BN3OS. The summed E-state index contributed by atoms with van der Waals surface area (Å²) < 4.78 is 9.99. The monoisotopic (exact) mass is 1130 g/mol. The lowest BCUT2D eigenvalue weighted by Gasteiger charge is -2.51. The van der Waals surface area contributed by atoms with E-state index in [0.717, 1.165) is 48.7 Å². The van der Waals surface area contributed by atoms with Gasteiger partial charge < -0.3 is 19.1 Å². The molecule has 4 nitrogen and oxygen atoms in total. The smallest absolute Gasteiger partial charge is 0.252 e. The fourth-order valence-electron chi connectivity index (χ4n) is 18.4.